The highest BCUT2D eigenvalue weighted by Crippen LogP contribution is 2.44. The number of rotatable bonds is 3. The van der Waals surface area contributed by atoms with E-state index >= 15 is 0 Å². The van der Waals surface area contributed by atoms with Gasteiger partial charge in [0.25, 0.3) is 5.24 Å². The molecule has 0 atom stereocenters. The molecule has 0 saturated heterocycles. The van der Waals surface area contributed by atoms with Gasteiger partial charge in [0.15, 0.2) is 0 Å². The lowest BCUT2D eigenvalue weighted by Crippen LogP contribution is -2.26. The Kier molecular flexibility index (Phi) is 3.40. The van der Waals surface area contributed by atoms with E-state index in [2.05, 4.69) is 10.1 Å². The maximum Gasteiger partial charge on any atom is 0.321 e. The van der Waals surface area contributed by atoms with Gasteiger partial charge >= 0.3 is 5.97 Å². The van der Waals surface area contributed by atoms with Crippen LogP contribution in [-0.4, -0.2) is 26.0 Å². The van der Waals surface area contributed by atoms with Crippen molar-refractivity contribution in [1.29, 1.82) is 0 Å². The third-order valence-corrected chi connectivity index (χ3v) is 4.76. The lowest BCUT2D eigenvalue weighted by Gasteiger charge is -2.17. The fraction of sp³-hybridized carbons (Fsp3) is 0.222. The molecule has 6 nitrogen and oxygen atoms in total. The van der Waals surface area contributed by atoms with Crippen molar-refractivity contribution in [3.63, 3.8) is 0 Å². The van der Waals surface area contributed by atoms with Crippen LogP contribution in [0.2, 0.25) is 0 Å². The van der Waals surface area contributed by atoms with E-state index in [9.17, 15) is 9.59 Å². The normalized spacial score (nSPS) is 15.2. The Morgan fingerprint density at radius 1 is 1.32 bits per heavy atom. The lowest BCUT2D eigenvalue weighted by atomic mass is 9.82. The fourth-order valence-electron chi connectivity index (χ4n) is 3.26. The Balaban J connectivity index is 1.98. The molecular weight excluding hydrogens is 342 g/mol. The molecule has 4 rings (SSSR count). The molecule has 0 fully saturated rings. The van der Waals surface area contributed by atoms with E-state index in [0.29, 0.717) is 23.4 Å². The molecule has 0 bridgehead atoms. The van der Waals surface area contributed by atoms with Crippen molar-refractivity contribution in [2.24, 2.45) is 0 Å². The molecule has 0 unspecified atom stereocenters. The van der Waals surface area contributed by atoms with E-state index in [1.807, 2.05) is 26.0 Å². The molecule has 2 aromatic carbocycles. The second-order valence-corrected chi connectivity index (χ2v) is 6.89. The minimum absolute atomic E-state index is 0.287. The summed E-state index contributed by atoms with van der Waals surface area (Å²) in [7, 11) is 0. The van der Waals surface area contributed by atoms with Crippen LogP contribution >= 0.6 is 11.6 Å². The number of fused-ring (bicyclic) bond motifs is 3. The van der Waals surface area contributed by atoms with E-state index < -0.39 is 10.7 Å². The number of esters is 1. The summed E-state index contributed by atoms with van der Waals surface area (Å²) in [6.45, 7) is 4.01. The molecule has 0 radical (unpaired) electrons. The van der Waals surface area contributed by atoms with Crippen LogP contribution in [-0.2, 0) is 16.8 Å². The monoisotopic (exact) mass is 355 g/mol. The molecule has 1 aromatic heterocycles. The van der Waals surface area contributed by atoms with Crippen LogP contribution in [0.25, 0.3) is 10.8 Å². The van der Waals surface area contributed by atoms with Gasteiger partial charge in [-0.3, -0.25) is 9.59 Å². The number of nitrogens with zero attached hydrogens (tertiary/aromatic N) is 3. The molecule has 126 valence electrons. The zero-order chi connectivity index (χ0) is 17.8. The molecule has 25 heavy (non-hydrogen) atoms. The van der Waals surface area contributed by atoms with Crippen molar-refractivity contribution in [1.82, 2.24) is 14.8 Å². The van der Waals surface area contributed by atoms with E-state index in [0.717, 1.165) is 16.3 Å². The van der Waals surface area contributed by atoms with Gasteiger partial charge in [0, 0.05) is 11.1 Å². The van der Waals surface area contributed by atoms with Gasteiger partial charge in [-0.1, -0.05) is 6.07 Å². The number of halogens is 1. The molecule has 1 aliphatic rings. The maximum absolute atomic E-state index is 12.2. The summed E-state index contributed by atoms with van der Waals surface area (Å²) in [6.07, 6.45) is 3.00. The van der Waals surface area contributed by atoms with Gasteiger partial charge in [-0.2, -0.15) is 5.10 Å². The first-order chi connectivity index (χ1) is 11.9. The first kappa shape index (κ1) is 15.8. The summed E-state index contributed by atoms with van der Waals surface area (Å²) in [6, 6.07) is 7.21. The molecular formula is C18H14ClN3O3. The first-order valence-electron chi connectivity index (χ1n) is 7.72. The second-order valence-electron chi connectivity index (χ2n) is 6.55. The SMILES string of the molecule is CC1(C)C(=O)Oc2ccc3cc(C(=O)Cl)c(Cn4cncn4)cc3c21. The average Bonchev–Trinajstić information content (AvgIpc) is 3.13. The van der Waals surface area contributed by atoms with Crippen LogP contribution in [0.3, 0.4) is 0 Å². The number of benzene rings is 2. The van der Waals surface area contributed by atoms with Crippen molar-refractivity contribution in [3.8, 4) is 5.75 Å². The number of aromatic nitrogens is 3. The summed E-state index contributed by atoms with van der Waals surface area (Å²) in [4.78, 5) is 28.0. The minimum atomic E-state index is -0.758. The quantitative estimate of drug-likeness (QED) is 0.410. The van der Waals surface area contributed by atoms with Gasteiger partial charge in [-0.15, -0.1) is 0 Å². The highest BCUT2D eigenvalue weighted by molar-refractivity contribution is 6.68. The number of carbonyl (C=O) groups excluding carboxylic acids is 2. The molecule has 0 aliphatic carbocycles. The Labute approximate surface area is 148 Å². The van der Waals surface area contributed by atoms with Gasteiger partial charge in [-0.05, 0) is 60.0 Å². The van der Waals surface area contributed by atoms with Crippen molar-refractivity contribution < 1.29 is 14.3 Å². The molecule has 0 saturated carbocycles. The van der Waals surface area contributed by atoms with Crippen LogP contribution in [0.4, 0.5) is 0 Å². The third-order valence-electron chi connectivity index (χ3n) is 4.55. The topological polar surface area (TPSA) is 74.1 Å². The largest absolute Gasteiger partial charge is 0.426 e. The summed E-state index contributed by atoms with van der Waals surface area (Å²) in [5, 5.41) is 5.24. The smallest absolute Gasteiger partial charge is 0.321 e. The van der Waals surface area contributed by atoms with Gasteiger partial charge < -0.3 is 4.74 Å². The van der Waals surface area contributed by atoms with Gasteiger partial charge in [-0.25, -0.2) is 9.67 Å². The van der Waals surface area contributed by atoms with Gasteiger partial charge in [0.1, 0.15) is 18.4 Å². The Morgan fingerprint density at radius 2 is 2.12 bits per heavy atom. The van der Waals surface area contributed by atoms with Crippen molar-refractivity contribution >= 4 is 33.6 Å². The number of carbonyl (C=O) groups is 2. The predicted molar refractivity (Wildman–Crippen MR) is 91.9 cm³/mol. The van der Waals surface area contributed by atoms with E-state index in [-0.39, 0.29) is 5.97 Å². The van der Waals surface area contributed by atoms with Crippen molar-refractivity contribution in [2.45, 2.75) is 25.8 Å². The average molecular weight is 356 g/mol. The number of ether oxygens (including phenoxy) is 1. The molecule has 0 amide bonds. The van der Waals surface area contributed by atoms with Crippen LogP contribution in [0.15, 0.2) is 36.9 Å². The minimum Gasteiger partial charge on any atom is -0.426 e. The number of hydrogen-bond acceptors (Lipinski definition) is 5. The van der Waals surface area contributed by atoms with Gasteiger partial charge in [0.2, 0.25) is 0 Å². The molecule has 7 heteroatoms. The highest BCUT2D eigenvalue weighted by atomic mass is 35.5. The molecule has 1 aliphatic heterocycles. The molecule has 0 N–H and O–H groups in total. The number of hydrogen-bond donors (Lipinski definition) is 0. The van der Waals surface area contributed by atoms with Crippen molar-refractivity contribution in [2.75, 3.05) is 0 Å². The van der Waals surface area contributed by atoms with E-state index in [1.54, 1.807) is 23.1 Å². The predicted octanol–water partition coefficient (Wildman–Crippen LogP) is 3.06. The van der Waals surface area contributed by atoms with Crippen LogP contribution in [0.1, 0.15) is 35.3 Å². The van der Waals surface area contributed by atoms with E-state index in [4.69, 9.17) is 16.3 Å². The highest BCUT2D eigenvalue weighted by Gasteiger charge is 2.42. The van der Waals surface area contributed by atoms with Crippen LogP contribution < -0.4 is 4.74 Å². The van der Waals surface area contributed by atoms with Gasteiger partial charge in [0.05, 0.1) is 12.0 Å². The summed E-state index contributed by atoms with van der Waals surface area (Å²) in [5.41, 5.74) is 1.18. The zero-order valence-electron chi connectivity index (χ0n) is 13.6. The first-order valence-corrected chi connectivity index (χ1v) is 8.10. The molecule has 3 aromatic rings. The third kappa shape index (κ3) is 2.41. The maximum atomic E-state index is 12.2. The second kappa shape index (κ2) is 5.39. The standard InChI is InChI=1S/C18H14ClN3O3/c1-18(2)15-12-6-11(7-22-9-20-8-21-22)13(16(19)23)5-10(12)3-4-14(15)25-17(18)24/h3-6,8-9H,7H2,1-2H3. The zero-order valence-corrected chi connectivity index (χ0v) is 14.4. The molecule has 2 heterocycles. The fourth-order valence-corrected chi connectivity index (χ4v) is 3.44. The van der Waals surface area contributed by atoms with Crippen LogP contribution in [0, 0.1) is 0 Å². The van der Waals surface area contributed by atoms with Crippen LogP contribution in [0.5, 0.6) is 5.75 Å². The Morgan fingerprint density at radius 3 is 2.80 bits per heavy atom. The summed E-state index contributed by atoms with van der Waals surface area (Å²) >= 11 is 5.78. The summed E-state index contributed by atoms with van der Waals surface area (Å²) in [5.74, 6) is 0.268. The Bertz CT molecular complexity index is 1030. The molecule has 0 spiro atoms. The lowest BCUT2D eigenvalue weighted by molar-refractivity contribution is -0.137. The van der Waals surface area contributed by atoms with Crippen molar-refractivity contribution in [3.05, 3.63) is 53.6 Å². The summed E-state index contributed by atoms with van der Waals surface area (Å²) < 4.78 is 7.01. The Hall–Kier alpha value is -2.73. The van der Waals surface area contributed by atoms with E-state index in [1.165, 1.54) is 6.33 Å².